The summed E-state index contributed by atoms with van der Waals surface area (Å²) >= 11 is 3.55. The fourth-order valence-corrected chi connectivity index (χ4v) is 4.48. The van der Waals surface area contributed by atoms with Crippen molar-refractivity contribution in [2.24, 2.45) is 0 Å². The molecule has 0 saturated carbocycles. The Bertz CT molecular complexity index is 682. The van der Waals surface area contributed by atoms with Crippen molar-refractivity contribution < 1.29 is 9.53 Å². The third-order valence-electron chi connectivity index (χ3n) is 3.40. The molecule has 4 heteroatoms. The zero-order valence-electron chi connectivity index (χ0n) is 12.0. The summed E-state index contributed by atoms with van der Waals surface area (Å²) in [7, 11) is 0. The van der Waals surface area contributed by atoms with Crippen molar-refractivity contribution in [3.8, 4) is 0 Å². The number of fused-ring (bicyclic) bond motifs is 2. The fourth-order valence-electron chi connectivity index (χ4n) is 2.22. The van der Waals surface area contributed by atoms with E-state index in [2.05, 4.69) is 36.4 Å². The van der Waals surface area contributed by atoms with Gasteiger partial charge in [-0.3, -0.25) is 4.79 Å². The van der Waals surface area contributed by atoms with Crippen LogP contribution in [0.2, 0.25) is 0 Å². The van der Waals surface area contributed by atoms with Gasteiger partial charge in [-0.1, -0.05) is 41.7 Å². The van der Waals surface area contributed by atoms with Crippen LogP contribution >= 0.6 is 23.5 Å². The number of carbonyl (C=O) groups excluding carboxylic acids is 1. The van der Waals surface area contributed by atoms with Crippen molar-refractivity contribution in [1.29, 1.82) is 0 Å². The van der Waals surface area contributed by atoms with E-state index in [-0.39, 0.29) is 11.9 Å². The molecule has 1 aliphatic rings. The van der Waals surface area contributed by atoms with E-state index < -0.39 is 0 Å². The number of esters is 1. The van der Waals surface area contributed by atoms with Crippen LogP contribution in [0.1, 0.15) is 25.3 Å². The molecule has 0 aromatic heterocycles. The van der Waals surface area contributed by atoms with E-state index in [4.69, 9.17) is 4.74 Å². The Morgan fingerprint density at radius 3 is 2.33 bits per heavy atom. The molecule has 1 aliphatic heterocycles. The second-order valence-corrected chi connectivity index (χ2v) is 7.00. The third kappa shape index (κ3) is 2.97. The highest BCUT2D eigenvalue weighted by atomic mass is 32.2. The summed E-state index contributed by atoms with van der Waals surface area (Å²) in [4.78, 5) is 16.9. The number of hydrogen-bond acceptors (Lipinski definition) is 4. The number of ether oxygens (including phenoxy) is 1. The molecular formula is C17H16O2S2. The minimum Gasteiger partial charge on any atom is -0.466 e. The van der Waals surface area contributed by atoms with Crippen LogP contribution in [-0.4, -0.2) is 12.6 Å². The third-order valence-corrected chi connectivity index (χ3v) is 5.94. The van der Waals surface area contributed by atoms with Gasteiger partial charge in [0.1, 0.15) is 0 Å². The van der Waals surface area contributed by atoms with Crippen molar-refractivity contribution in [3.05, 3.63) is 48.0 Å². The van der Waals surface area contributed by atoms with Gasteiger partial charge in [0.25, 0.3) is 0 Å². The van der Waals surface area contributed by atoms with Gasteiger partial charge in [-0.05, 0) is 43.7 Å². The molecule has 0 amide bonds. The Morgan fingerprint density at radius 2 is 1.67 bits per heavy atom. The van der Waals surface area contributed by atoms with Gasteiger partial charge in [0.15, 0.2) is 0 Å². The first-order valence-corrected chi connectivity index (χ1v) is 8.57. The van der Waals surface area contributed by atoms with E-state index in [0.717, 1.165) is 5.56 Å². The molecule has 2 aromatic carbocycles. The van der Waals surface area contributed by atoms with E-state index in [9.17, 15) is 4.79 Å². The summed E-state index contributed by atoms with van der Waals surface area (Å²) in [6.45, 7) is 4.15. The first-order valence-electron chi connectivity index (χ1n) is 6.94. The molecule has 3 rings (SSSR count). The van der Waals surface area contributed by atoms with Crippen LogP contribution < -0.4 is 0 Å². The Hall–Kier alpha value is -1.39. The Kier molecular flexibility index (Phi) is 4.27. The largest absolute Gasteiger partial charge is 0.466 e. The smallest absolute Gasteiger partial charge is 0.313 e. The summed E-state index contributed by atoms with van der Waals surface area (Å²) < 4.78 is 5.11. The van der Waals surface area contributed by atoms with Crippen molar-refractivity contribution in [1.82, 2.24) is 0 Å². The lowest BCUT2D eigenvalue weighted by Gasteiger charge is -2.20. The van der Waals surface area contributed by atoms with Crippen molar-refractivity contribution in [2.45, 2.75) is 39.3 Å². The molecule has 0 aliphatic carbocycles. The summed E-state index contributed by atoms with van der Waals surface area (Å²) in [5.74, 6) is -0.385. The first-order chi connectivity index (χ1) is 10.2. The maximum atomic E-state index is 11.9. The second kappa shape index (κ2) is 6.16. The number of carbonyl (C=O) groups is 1. The fraction of sp³-hybridized carbons (Fsp3) is 0.235. The van der Waals surface area contributed by atoms with Crippen molar-refractivity contribution in [3.63, 3.8) is 0 Å². The molecular weight excluding hydrogens is 300 g/mol. The maximum absolute atomic E-state index is 11.9. The quantitative estimate of drug-likeness (QED) is 0.637. The number of rotatable bonds is 3. The summed E-state index contributed by atoms with van der Waals surface area (Å²) in [5.41, 5.74) is 1.01. The van der Waals surface area contributed by atoms with Crippen LogP contribution in [-0.2, 0) is 9.53 Å². The normalized spacial score (nSPS) is 14.0. The minimum atomic E-state index is -0.224. The van der Waals surface area contributed by atoms with Crippen LogP contribution in [0.4, 0.5) is 0 Å². The average Bonchev–Trinajstić information content (AvgIpc) is 2.51. The highest BCUT2D eigenvalue weighted by molar-refractivity contribution is 8.05. The van der Waals surface area contributed by atoms with E-state index in [1.807, 2.05) is 19.9 Å². The van der Waals surface area contributed by atoms with Crippen LogP contribution in [0, 0.1) is 0 Å². The number of benzene rings is 2. The molecule has 0 spiro atoms. The van der Waals surface area contributed by atoms with Gasteiger partial charge < -0.3 is 4.74 Å². The second-order valence-electron chi connectivity index (χ2n) is 4.83. The van der Waals surface area contributed by atoms with Crippen LogP contribution in [0.5, 0.6) is 0 Å². The molecule has 21 heavy (non-hydrogen) atoms. The van der Waals surface area contributed by atoms with Crippen molar-refractivity contribution >= 4 is 29.5 Å². The average molecular weight is 316 g/mol. The lowest BCUT2D eigenvalue weighted by molar-refractivity contribution is -0.144. The summed E-state index contributed by atoms with van der Waals surface area (Å²) in [6.07, 6.45) is 0. The molecule has 108 valence electrons. The molecule has 0 radical (unpaired) electrons. The Labute approximate surface area is 133 Å². The van der Waals surface area contributed by atoms with Crippen molar-refractivity contribution in [2.75, 3.05) is 6.61 Å². The Balaban J connectivity index is 1.88. The molecule has 0 saturated heterocycles. The zero-order valence-corrected chi connectivity index (χ0v) is 13.6. The van der Waals surface area contributed by atoms with E-state index in [0.29, 0.717) is 6.61 Å². The standard InChI is InChI=1S/C17H16O2S2/c1-3-19-17(18)11(2)12-8-9-15-16(10-12)21-14-7-5-4-6-13(14)20-15/h4-11H,3H2,1-2H3. The molecule has 0 bridgehead atoms. The van der Waals surface area contributed by atoms with Gasteiger partial charge in [-0.25, -0.2) is 0 Å². The molecule has 1 atom stereocenters. The predicted octanol–water partition coefficient (Wildman–Crippen LogP) is 4.97. The van der Waals surface area contributed by atoms with Crippen LogP contribution in [0.3, 0.4) is 0 Å². The van der Waals surface area contributed by atoms with Gasteiger partial charge in [0.05, 0.1) is 12.5 Å². The minimum absolute atomic E-state index is 0.161. The maximum Gasteiger partial charge on any atom is 0.313 e. The highest BCUT2D eigenvalue weighted by Crippen LogP contribution is 2.48. The molecule has 0 fully saturated rings. The topological polar surface area (TPSA) is 26.3 Å². The first kappa shape index (κ1) is 14.5. The van der Waals surface area contributed by atoms with Crippen LogP contribution in [0.25, 0.3) is 0 Å². The molecule has 0 N–H and O–H groups in total. The lowest BCUT2D eigenvalue weighted by atomic mass is 10.0. The number of hydrogen-bond donors (Lipinski definition) is 0. The Morgan fingerprint density at radius 1 is 1.05 bits per heavy atom. The molecule has 2 aromatic rings. The lowest BCUT2D eigenvalue weighted by Crippen LogP contribution is -2.13. The molecule has 1 unspecified atom stereocenters. The molecule has 2 nitrogen and oxygen atoms in total. The zero-order chi connectivity index (χ0) is 14.8. The summed E-state index contributed by atoms with van der Waals surface area (Å²) in [6, 6.07) is 14.7. The van der Waals surface area contributed by atoms with Gasteiger partial charge in [0, 0.05) is 19.6 Å². The van der Waals surface area contributed by atoms with E-state index in [1.54, 1.807) is 23.5 Å². The SMILES string of the molecule is CCOC(=O)C(C)c1ccc2c(c1)Sc1ccccc1S2. The van der Waals surface area contributed by atoms with Gasteiger partial charge >= 0.3 is 5.97 Å². The summed E-state index contributed by atoms with van der Waals surface area (Å²) in [5, 5.41) is 0. The van der Waals surface area contributed by atoms with E-state index in [1.165, 1.54) is 19.6 Å². The molecule has 1 heterocycles. The van der Waals surface area contributed by atoms with Gasteiger partial charge in [-0.2, -0.15) is 0 Å². The van der Waals surface area contributed by atoms with Gasteiger partial charge in [0.2, 0.25) is 0 Å². The highest BCUT2D eigenvalue weighted by Gasteiger charge is 2.21. The van der Waals surface area contributed by atoms with Crippen LogP contribution in [0.15, 0.2) is 62.0 Å². The van der Waals surface area contributed by atoms with Gasteiger partial charge in [-0.15, -0.1) is 0 Å². The van der Waals surface area contributed by atoms with E-state index >= 15 is 0 Å². The monoisotopic (exact) mass is 316 g/mol. The predicted molar refractivity (Wildman–Crippen MR) is 86.2 cm³/mol.